The van der Waals surface area contributed by atoms with Crippen LogP contribution in [0.2, 0.25) is 0 Å². The van der Waals surface area contributed by atoms with Crippen molar-refractivity contribution in [2.45, 2.75) is 288 Å². The van der Waals surface area contributed by atoms with E-state index in [1.54, 1.807) is 112 Å². The minimum Gasteiger partial charge on any atom is -0.449 e. The molecule has 12 heterocycles. The Kier molecular flexibility index (Phi) is 123. The molecule has 0 radical (unpaired) electrons. The summed E-state index contributed by atoms with van der Waals surface area (Å²) in [6, 6.07) is 0.0521. The Morgan fingerprint density at radius 1 is 0.258 bits per heavy atom. The van der Waals surface area contributed by atoms with Gasteiger partial charge in [-0.05, 0) is 83.5 Å². The van der Waals surface area contributed by atoms with Gasteiger partial charge in [0.05, 0.1) is 63.3 Å². The van der Waals surface area contributed by atoms with Crippen LogP contribution in [-0.2, 0) is 72.5 Å². The first-order valence-corrected chi connectivity index (χ1v) is 51.4. The van der Waals surface area contributed by atoms with Gasteiger partial charge in [0, 0.05) is 188 Å². The first kappa shape index (κ1) is 144. The average Bonchev–Trinajstić information content (AvgIpc) is 1.36. The number of piperidine rings is 1. The summed E-state index contributed by atoms with van der Waals surface area (Å²) in [5.74, 6) is 3.89. The van der Waals surface area contributed by atoms with Crippen molar-refractivity contribution in [3.05, 3.63) is 0 Å². The maximum absolute atomic E-state index is 11.1. The van der Waals surface area contributed by atoms with Crippen molar-refractivity contribution < 1.29 is 88.5 Å². The van der Waals surface area contributed by atoms with Crippen molar-refractivity contribution in [3.63, 3.8) is 0 Å². The Morgan fingerprint density at radius 3 is 0.927 bits per heavy atom. The zero-order chi connectivity index (χ0) is 99.1. The van der Waals surface area contributed by atoms with Gasteiger partial charge in [-0.3, -0.25) is 28.8 Å². The van der Waals surface area contributed by atoms with Gasteiger partial charge in [-0.2, -0.15) is 11.8 Å². The van der Waals surface area contributed by atoms with Crippen molar-refractivity contribution in [1.29, 1.82) is 0 Å². The molecule has 32 nitrogen and oxygen atoms in total. The number of nitrogens with one attached hydrogen (secondary N) is 1. The highest BCUT2D eigenvalue weighted by molar-refractivity contribution is 8.00. The molecule has 0 aliphatic carbocycles. The van der Waals surface area contributed by atoms with Crippen LogP contribution in [0.25, 0.3) is 0 Å². The Bertz CT molecular complexity index is 2440. The smallest absolute Gasteiger partial charge is 0.409 e. The van der Waals surface area contributed by atoms with Gasteiger partial charge in [-0.25, -0.2) is 44.6 Å². The third-order valence-corrected chi connectivity index (χ3v) is 21.7. The largest absolute Gasteiger partial charge is 0.449 e. The number of cyclic esters (lactones) is 3. The third kappa shape index (κ3) is 85.4. The molecule has 1 N–H and O–H groups in total. The summed E-state index contributed by atoms with van der Waals surface area (Å²) in [4.78, 5) is 123. The lowest BCUT2D eigenvalue weighted by atomic mass is 10.1. The van der Waals surface area contributed by atoms with E-state index < -0.39 is 20.0 Å². The Hall–Kier alpha value is -6.01. The maximum Gasteiger partial charge on any atom is 0.409 e. The quantitative estimate of drug-likeness (QED) is 0.220. The number of likely N-dealkylation sites (N-methyl/N-ethyl adjacent to an activating group) is 3. The van der Waals surface area contributed by atoms with E-state index in [1.165, 1.54) is 27.9 Å². The van der Waals surface area contributed by atoms with E-state index in [2.05, 4.69) is 14.8 Å². The van der Waals surface area contributed by atoms with E-state index in [0.717, 1.165) is 174 Å². The van der Waals surface area contributed by atoms with Gasteiger partial charge in [0.2, 0.25) is 55.5 Å². The number of morpholine rings is 1. The van der Waals surface area contributed by atoms with Gasteiger partial charge >= 0.3 is 24.3 Å². The molecule has 0 aromatic carbocycles. The Balaban J connectivity index is -0.000000108. The maximum atomic E-state index is 11.1. The second-order valence-corrected chi connectivity index (χ2v) is 30.9. The molecule has 0 bridgehead atoms. The monoisotopic (exact) mass is 1850 g/mol. The van der Waals surface area contributed by atoms with Gasteiger partial charge < -0.3 is 78.0 Å². The second kappa shape index (κ2) is 106. The van der Waals surface area contributed by atoms with E-state index in [-0.39, 0.29) is 48.6 Å². The number of thioether (sulfide) groups is 1. The summed E-state index contributed by atoms with van der Waals surface area (Å²) in [6.45, 7) is 62.7. The lowest BCUT2D eigenvalue weighted by Crippen LogP contribution is -2.43. The number of hydrogen-bond acceptors (Lipinski definition) is 20. The lowest BCUT2D eigenvalue weighted by Gasteiger charge is -2.22. The molecule has 11 amide bonds. The van der Waals surface area contributed by atoms with Gasteiger partial charge in [0.1, 0.15) is 13.2 Å². The van der Waals surface area contributed by atoms with Crippen molar-refractivity contribution in [2.75, 3.05) is 239 Å². The standard InChI is InChI=1S/C7H13NO.C6H13NO2S.2C6H11NO2.C6H11NO.C5H10N2O.C5H11NO2S.2C5H9NO2.C5H9NOS.C5H9NO.C4H7NO2.12C2H6/c1-8-6-4-2-3-5-7(8)9;1-7-5-3-2-4-6-10(7,8)9;1-7-3-5-9-4-2-6(7)8;1-7-4-2-3-5-9-6(7)8;1-7-5-3-2-4-6(7)8;1-7-4-2-3-6-5(7)8;1-6-4-2-3-5-9(6,7)8;1-6-2-3-8-4-5(6)7;1-6-3-2-4-8-5(6)7;1-6-2-3-8-4-5(6)7;1-6-4-2-3-5(6)7;1-5-2-3-7-4(5)6;12*1-2/h2-6H2,1H3;2-6H2,1H3;2*2-5H2,1H3;2-5H2,1H3;2-4H2,1H3,(H,6,8);2-5H2,1H3;3*2-4H2,1H3;2-4H2,1H3;2-3H2,1H3;12*1-2H3. The summed E-state index contributed by atoms with van der Waals surface area (Å²) in [5, 5.41) is 2.72. The zero-order valence-corrected chi connectivity index (χ0v) is 88.7. The number of nitrogens with zero attached hydrogens (tertiary/aromatic N) is 12. The van der Waals surface area contributed by atoms with Gasteiger partial charge in [-0.15, -0.1) is 0 Å². The van der Waals surface area contributed by atoms with Crippen LogP contribution >= 0.6 is 11.8 Å². The van der Waals surface area contributed by atoms with Crippen molar-refractivity contribution in [2.24, 2.45) is 0 Å². The zero-order valence-electron chi connectivity index (χ0n) is 86.3. The number of ether oxygens (including phenoxy) is 5. The number of sulfonamides is 2. The van der Waals surface area contributed by atoms with E-state index in [0.29, 0.717) is 94.1 Å². The molecule has 12 saturated heterocycles. The van der Waals surface area contributed by atoms with Crippen LogP contribution in [-0.4, -0.2) is 373 Å². The molecule has 0 saturated carbocycles. The molecular formula is C89H195N13O19S3. The molecule has 12 aliphatic heterocycles. The second-order valence-electron chi connectivity index (χ2n) is 25.4. The number of carbonyl (C=O) groups excluding carboxylic acids is 10. The molecule has 12 rings (SSSR count). The minimum absolute atomic E-state index is 0.0521. The van der Waals surface area contributed by atoms with Crippen LogP contribution in [0.1, 0.15) is 288 Å². The average molecular weight is 1850 g/mol. The van der Waals surface area contributed by atoms with E-state index in [1.807, 2.05) is 199 Å². The van der Waals surface area contributed by atoms with E-state index in [9.17, 15) is 64.8 Å². The lowest BCUT2D eigenvalue weighted by molar-refractivity contribution is -0.140. The van der Waals surface area contributed by atoms with Gasteiger partial charge in [-0.1, -0.05) is 179 Å². The van der Waals surface area contributed by atoms with Gasteiger partial charge in [0.25, 0.3) is 0 Å². The number of hydrogen-bond donors (Lipinski definition) is 1. The van der Waals surface area contributed by atoms with Crippen molar-refractivity contribution in [3.8, 4) is 0 Å². The summed E-state index contributed by atoms with van der Waals surface area (Å²) >= 11 is 1.72. The summed E-state index contributed by atoms with van der Waals surface area (Å²) in [7, 11) is 15.6. The summed E-state index contributed by atoms with van der Waals surface area (Å²) in [6.07, 6.45) is 17.8. The molecule has 0 aromatic rings. The molecule has 0 unspecified atom stereocenters. The first-order chi connectivity index (χ1) is 59.3. The summed E-state index contributed by atoms with van der Waals surface area (Å²) in [5.41, 5.74) is 0. The van der Waals surface area contributed by atoms with E-state index in [4.69, 9.17) is 14.2 Å². The van der Waals surface area contributed by atoms with Crippen LogP contribution < -0.4 is 5.32 Å². The Morgan fingerprint density at radius 2 is 0.565 bits per heavy atom. The molecule has 35 heteroatoms. The SMILES string of the molecule is CC.CC.CC.CC.CC.CC.CC.CC.CC.CC.CC.CC.CN1CCCC1=O.CN1CCCCC1=O.CN1CCCCCC1=O.CN1CCCCCS1(=O)=O.CN1CCCCOC1=O.CN1CCCCS1(=O)=O.CN1CCCNC1=O.CN1CCCOC1=O.CN1CCOC1=O.CN1CCOCC1=O.CN1CCOCCC1=O.CN1CCSCC1=O. The molecule has 12 aliphatic rings. The van der Waals surface area contributed by atoms with Crippen LogP contribution in [0.5, 0.6) is 0 Å². The van der Waals surface area contributed by atoms with E-state index >= 15 is 0 Å². The number of rotatable bonds is 0. The molecule has 0 atom stereocenters. The topological polar surface area (TPSA) is 336 Å². The molecular weight excluding hydrogens is 1650 g/mol. The van der Waals surface area contributed by atoms with Crippen LogP contribution in [0.15, 0.2) is 0 Å². The number of carbonyl (C=O) groups is 10. The van der Waals surface area contributed by atoms with Crippen LogP contribution in [0.4, 0.5) is 19.2 Å². The predicted molar refractivity (Wildman–Crippen MR) is 519 cm³/mol. The van der Waals surface area contributed by atoms with Crippen LogP contribution in [0.3, 0.4) is 0 Å². The molecule has 0 spiro atoms. The first-order valence-electron chi connectivity index (χ1n) is 47.0. The van der Waals surface area contributed by atoms with Crippen LogP contribution in [0, 0.1) is 0 Å². The molecule has 12 fully saturated rings. The normalized spacial score (nSPS) is 18.7. The molecule has 748 valence electrons. The van der Waals surface area contributed by atoms with Crippen molar-refractivity contribution >= 4 is 91.6 Å². The Labute approximate surface area is 765 Å². The minimum atomic E-state index is -2.86. The molecule has 124 heavy (non-hydrogen) atoms. The fourth-order valence-electron chi connectivity index (χ4n) is 9.51. The highest BCUT2D eigenvalue weighted by Crippen LogP contribution is 2.14. The number of likely N-dealkylation sites (tertiary alicyclic amines) is 3. The fraction of sp³-hybridized carbons (Fsp3) is 0.888. The molecule has 0 aromatic heterocycles. The predicted octanol–water partition coefficient (Wildman–Crippen LogP) is 15.6. The highest BCUT2D eigenvalue weighted by atomic mass is 32.2. The number of amides is 11. The fourth-order valence-corrected chi connectivity index (χ4v) is 13.0. The van der Waals surface area contributed by atoms with Gasteiger partial charge in [0.15, 0.2) is 0 Å². The van der Waals surface area contributed by atoms with Crippen molar-refractivity contribution in [1.82, 2.24) is 62.9 Å². The number of urea groups is 1. The summed E-state index contributed by atoms with van der Waals surface area (Å²) < 4.78 is 70.9. The third-order valence-electron chi connectivity index (χ3n) is 16.9. The highest BCUT2D eigenvalue weighted by Gasteiger charge is 2.23.